The van der Waals surface area contributed by atoms with Gasteiger partial charge in [0.25, 0.3) is 0 Å². The Morgan fingerprint density at radius 1 is 1.50 bits per heavy atom. The molecule has 92 valence electrons. The molecular weight excluding hydrogens is 210 g/mol. The molecule has 0 aromatic carbocycles. The molecule has 0 bridgehead atoms. The summed E-state index contributed by atoms with van der Waals surface area (Å²) in [6.07, 6.45) is 0.798. The Kier molecular flexibility index (Phi) is 3.94. The third-order valence-electron chi connectivity index (χ3n) is 2.65. The highest BCUT2D eigenvalue weighted by atomic mass is 16.4. The van der Waals surface area contributed by atoms with Gasteiger partial charge in [0.2, 0.25) is 5.96 Å². The summed E-state index contributed by atoms with van der Waals surface area (Å²) in [5, 5.41) is 14.2. The average Bonchev–Trinajstić information content (AvgIpc) is 2.16. The number of aliphatic carboxylic acids is 1. The summed E-state index contributed by atoms with van der Waals surface area (Å²) in [6.45, 7) is 4.95. The molecule has 1 aliphatic heterocycles. The molecule has 0 spiro atoms. The van der Waals surface area contributed by atoms with Crippen molar-refractivity contribution in [1.82, 2.24) is 9.91 Å². The summed E-state index contributed by atoms with van der Waals surface area (Å²) in [7, 11) is 0. The molecule has 0 aromatic heterocycles. The molecule has 1 rings (SSSR count). The number of rotatable bonds is 3. The standard InChI is InChI=1S/C9H19N5O2/c1-6(2)7(8(15)16)13-4-3-5-14(11)9(13)12-10/h6-7H,3-5,10-11H2,1-2H3,(H,15,16). The summed E-state index contributed by atoms with van der Waals surface area (Å²) >= 11 is 0. The molecule has 0 aliphatic carbocycles. The molecule has 1 heterocycles. The monoisotopic (exact) mass is 229 g/mol. The van der Waals surface area contributed by atoms with E-state index in [0.29, 0.717) is 19.0 Å². The van der Waals surface area contributed by atoms with Gasteiger partial charge < -0.3 is 15.8 Å². The van der Waals surface area contributed by atoms with Crippen LogP contribution in [0.1, 0.15) is 20.3 Å². The van der Waals surface area contributed by atoms with Crippen molar-refractivity contribution in [2.45, 2.75) is 26.3 Å². The molecule has 1 aliphatic rings. The number of carboxylic acid groups (broad SMARTS) is 1. The van der Waals surface area contributed by atoms with Gasteiger partial charge in [0, 0.05) is 13.1 Å². The van der Waals surface area contributed by atoms with Crippen LogP contribution in [0.25, 0.3) is 0 Å². The highest BCUT2D eigenvalue weighted by molar-refractivity contribution is 5.86. The Hall–Kier alpha value is -1.50. The first-order valence-corrected chi connectivity index (χ1v) is 5.28. The number of hydrazine groups is 1. The van der Waals surface area contributed by atoms with Crippen LogP contribution < -0.4 is 11.7 Å². The van der Waals surface area contributed by atoms with Gasteiger partial charge in [-0.25, -0.2) is 10.6 Å². The first-order chi connectivity index (χ1) is 7.49. The van der Waals surface area contributed by atoms with E-state index in [0.717, 1.165) is 6.42 Å². The van der Waals surface area contributed by atoms with Crippen LogP contribution in [0.2, 0.25) is 0 Å². The minimum Gasteiger partial charge on any atom is -0.480 e. The summed E-state index contributed by atoms with van der Waals surface area (Å²) in [6, 6.07) is -0.645. The van der Waals surface area contributed by atoms with E-state index in [2.05, 4.69) is 5.10 Å². The van der Waals surface area contributed by atoms with E-state index in [-0.39, 0.29) is 5.92 Å². The summed E-state index contributed by atoms with van der Waals surface area (Å²) < 4.78 is 0. The minimum atomic E-state index is -0.883. The van der Waals surface area contributed by atoms with Gasteiger partial charge in [-0.3, -0.25) is 5.01 Å². The van der Waals surface area contributed by atoms with Crippen molar-refractivity contribution in [3.63, 3.8) is 0 Å². The quantitative estimate of drug-likeness (QED) is 0.432. The number of carboxylic acids is 1. The Labute approximate surface area is 94.6 Å². The zero-order valence-corrected chi connectivity index (χ0v) is 9.63. The second kappa shape index (κ2) is 5.02. The van der Waals surface area contributed by atoms with Crippen molar-refractivity contribution in [3.8, 4) is 0 Å². The molecule has 5 N–H and O–H groups in total. The van der Waals surface area contributed by atoms with Gasteiger partial charge in [0.15, 0.2) is 0 Å². The van der Waals surface area contributed by atoms with Crippen LogP contribution in [-0.2, 0) is 4.79 Å². The molecule has 1 atom stereocenters. The Bertz CT molecular complexity index is 292. The van der Waals surface area contributed by atoms with Gasteiger partial charge in [0.05, 0.1) is 0 Å². The summed E-state index contributed by atoms with van der Waals surface area (Å²) in [5.74, 6) is 10.4. The fourth-order valence-electron chi connectivity index (χ4n) is 1.97. The van der Waals surface area contributed by atoms with Crippen LogP contribution in [0.5, 0.6) is 0 Å². The van der Waals surface area contributed by atoms with E-state index in [1.165, 1.54) is 5.01 Å². The Morgan fingerprint density at radius 2 is 2.12 bits per heavy atom. The number of nitrogens with two attached hydrogens (primary N) is 2. The highest BCUT2D eigenvalue weighted by Gasteiger charge is 2.34. The topological polar surface area (TPSA) is 108 Å². The first-order valence-electron chi connectivity index (χ1n) is 5.28. The summed E-state index contributed by atoms with van der Waals surface area (Å²) in [4.78, 5) is 12.9. The van der Waals surface area contributed by atoms with Crippen molar-refractivity contribution >= 4 is 11.9 Å². The third kappa shape index (κ3) is 2.35. The second-order valence-electron chi connectivity index (χ2n) is 4.20. The van der Waals surface area contributed by atoms with Gasteiger partial charge in [-0.15, -0.1) is 5.10 Å². The van der Waals surface area contributed by atoms with Gasteiger partial charge in [-0.2, -0.15) is 0 Å². The smallest absolute Gasteiger partial charge is 0.326 e. The number of carbonyl (C=O) groups is 1. The van der Waals surface area contributed by atoms with E-state index >= 15 is 0 Å². The van der Waals surface area contributed by atoms with Crippen LogP contribution in [0.4, 0.5) is 0 Å². The highest BCUT2D eigenvalue weighted by Crippen LogP contribution is 2.16. The van der Waals surface area contributed by atoms with Crippen molar-refractivity contribution < 1.29 is 9.90 Å². The molecule has 0 radical (unpaired) electrons. The van der Waals surface area contributed by atoms with Crippen LogP contribution >= 0.6 is 0 Å². The van der Waals surface area contributed by atoms with E-state index in [4.69, 9.17) is 11.7 Å². The van der Waals surface area contributed by atoms with E-state index in [9.17, 15) is 9.90 Å². The maximum atomic E-state index is 11.2. The zero-order chi connectivity index (χ0) is 12.3. The van der Waals surface area contributed by atoms with Crippen LogP contribution in [0.15, 0.2) is 5.10 Å². The lowest BCUT2D eigenvalue weighted by Gasteiger charge is -2.40. The van der Waals surface area contributed by atoms with E-state index in [1.807, 2.05) is 13.8 Å². The van der Waals surface area contributed by atoms with Crippen molar-refractivity contribution in [2.75, 3.05) is 13.1 Å². The minimum absolute atomic E-state index is 0.0410. The number of hydrazone groups is 1. The SMILES string of the molecule is CC(C)C(C(=O)O)N1CCCN(N)C1=NN. The molecule has 1 fully saturated rings. The predicted molar refractivity (Wildman–Crippen MR) is 60.1 cm³/mol. The molecule has 16 heavy (non-hydrogen) atoms. The van der Waals surface area contributed by atoms with Crippen LogP contribution in [0.3, 0.4) is 0 Å². The average molecular weight is 229 g/mol. The maximum Gasteiger partial charge on any atom is 0.326 e. The normalized spacial score (nSPS) is 21.6. The molecule has 0 amide bonds. The van der Waals surface area contributed by atoms with Gasteiger partial charge in [0.1, 0.15) is 6.04 Å². The zero-order valence-electron chi connectivity index (χ0n) is 9.63. The Morgan fingerprint density at radius 3 is 2.56 bits per heavy atom. The first kappa shape index (κ1) is 12.6. The van der Waals surface area contributed by atoms with Crippen molar-refractivity contribution in [2.24, 2.45) is 22.7 Å². The number of nitrogens with zero attached hydrogens (tertiary/aromatic N) is 3. The molecular formula is C9H19N5O2. The molecule has 1 saturated heterocycles. The fraction of sp³-hybridized carbons (Fsp3) is 0.778. The predicted octanol–water partition coefficient (Wildman–Crippen LogP) is -0.793. The van der Waals surface area contributed by atoms with E-state index in [1.54, 1.807) is 4.90 Å². The molecule has 0 aromatic rings. The number of hydrogen-bond donors (Lipinski definition) is 3. The molecule has 7 nitrogen and oxygen atoms in total. The van der Waals surface area contributed by atoms with Gasteiger partial charge >= 0.3 is 5.97 Å². The number of hydrogen-bond acceptors (Lipinski definition) is 4. The molecule has 0 saturated carbocycles. The molecule has 7 heteroatoms. The third-order valence-corrected chi connectivity index (χ3v) is 2.65. The lowest BCUT2D eigenvalue weighted by molar-refractivity contribution is -0.143. The molecule has 1 unspecified atom stereocenters. The van der Waals surface area contributed by atoms with Crippen LogP contribution in [0, 0.1) is 5.92 Å². The lowest BCUT2D eigenvalue weighted by atomic mass is 10.0. The fourth-order valence-corrected chi connectivity index (χ4v) is 1.97. The lowest BCUT2D eigenvalue weighted by Crippen LogP contribution is -2.60. The largest absolute Gasteiger partial charge is 0.480 e. The van der Waals surface area contributed by atoms with Gasteiger partial charge in [-0.1, -0.05) is 13.8 Å². The van der Waals surface area contributed by atoms with Crippen LogP contribution in [-0.4, -0.2) is 46.1 Å². The Balaban J connectivity index is 2.94. The second-order valence-corrected chi connectivity index (χ2v) is 4.20. The summed E-state index contributed by atoms with van der Waals surface area (Å²) in [5.41, 5.74) is 0. The maximum absolute atomic E-state index is 11.2. The van der Waals surface area contributed by atoms with E-state index < -0.39 is 12.0 Å². The number of guanidine groups is 1. The van der Waals surface area contributed by atoms with Gasteiger partial charge in [-0.05, 0) is 12.3 Å². The van der Waals surface area contributed by atoms with Crippen molar-refractivity contribution in [1.29, 1.82) is 0 Å². The van der Waals surface area contributed by atoms with Crippen molar-refractivity contribution in [3.05, 3.63) is 0 Å².